The second kappa shape index (κ2) is 6.39. The summed E-state index contributed by atoms with van der Waals surface area (Å²) in [6.45, 7) is 8.07. The van der Waals surface area contributed by atoms with E-state index in [1.54, 1.807) is 6.33 Å². The van der Waals surface area contributed by atoms with Gasteiger partial charge >= 0.3 is 0 Å². The van der Waals surface area contributed by atoms with Gasteiger partial charge in [-0.2, -0.15) is 0 Å². The Labute approximate surface area is 104 Å². The van der Waals surface area contributed by atoms with Gasteiger partial charge in [0.05, 0.1) is 0 Å². The normalized spacial score (nSPS) is 12.6. The number of hydrogen-bond acceptors (Lipinski definition) is 5. The number of anilines is 2. The fourth-order valence-corrected chi connectivity index (χ4v) is 1.77. The standard InChI is InChI=1S/C12H23N5/c1-6-13-11-10(3)12(15-8-14-11)16-9(2)7-17(4)5/h8-9H,6-7H2,1-5H3,(H2,13,14,15,16). The van der Waals surface area contributed by atoms with Crippen LogP contribution in [0.15, 0.2) is 6.33 Å². The molecule has 0 spiro atoms. The van der Waals surface area contributed by atoms with Crippen molar-refractivity contribution in [2.45, 2.75) is 26.8 Å². The summed E-state index contributed by atoms with van der Waals surface area (Å²) in [5, 5.41) is 6.64. The van der Waals surface area contributed by atoms with E-state index in [4.69, 9.17) is 0 Å². The monoisotopic (exact) mass is 237 g/mol. The highest BCUT2D eigenvalue weighted by Gasteiger charge is 2.09. The average Bonchev–Trinajstić information content (AvgIpc) is 2.23. The van der Waals surface area contributed by atoms with Crippen molar-refractivity contribution in [1.29, 1.82) is 0 Å². The van der Waals surface area contributed by atoms with Crippen LogP contribution in [0, 0.1) is 6.92 Å². The molecule has 0 aromatic carbocycles. The Morgan fingerprint density at radius 3 is 2.53 bits per heavy atom. The first-order valence-corrected chi connectivity index (χ1v) is 6.01. The lowest BCUT2D eigenvalue weighted by Crippen LogP contribution is -2.30. The molecule has 17 heavy (non-hydrogen) atoms. The maximum atomic E-state index is 4.29. The van der Waals surface area contributed by atoms with Crippen LogP contribution in [0.1, 0.15) is 19.4 Å². The first kappa shape index (κ1) is 13.7. The van der Waals surface area contributed by atoms with Crippen LogP contribution < -0.4 is 10.6 Å². The molecule has 1 unspecified atom stereocenters. The zero-order chi connectivity index (χ0) is 12.8. The number of nitrogens with one attached hydrogen (secondary N) is 2. The van der Waals surface area contributed by atoms with Crippen molar-refractivity contribution >= 4 is 11.6 Å². The highest BCUT2D eigenvalue weighted by molar-refractivity contribution is 5.56. The van der Waals surface area contributed by atoms with E-state index in [2.05, 4.69) is 53.4 Å². The lowest BCUT2D eigenvalue weighted by Gasteiger charge is -2.20. The number of rotatable bonds is 6. The van der Waals surface area contributed by atoms with Gasteiger partial charge in [-0.3, -0.25) is 0 Å². The Morgan fingerprint density at radius 2 is 1.94 bits per heavy atom. The van der Waals surface area contributed by atoms with Gasteiger partial charge in [-0.05, 0) is 34.9 Å². The van der Waals surface area contributed by atoms with Crippen LogP contribution in [0.2, 0.25) is 0 Å². The minimum Gasteiger partial charge on any atom is -0.370 e. The molecule has 1 rings (SSSR count). The van der Waals surface area contributed by atoms with E-state index in [1.165, 1.54) is 0 Å². The Kier molecular flexibility index (Phi) is 5.15. The molecule has 0 fully saturated rings. The Hall–Kier alpha value is -1.36. The molecule has 0 saturated heterocycles. The summed E-state index contributed by atoms with van der Waals surface area (Å²) >= 11 is 0. The summed E-state index contributed by atoms with van der Waals surface area (Å²) in [4.78, 5) is 10.7. The predicted octanol–water partition coefficient (Wildman–Crippen LogP) is 1.58. The molecule has 2 N–H and O–H groups in total. The second-order valence-electron chi connectivity index (χ2n) is 4.53. The van der Waals surface area contributed by atoms with Crippen molar-refractivity contribution < 1.29 is 0 Å². The maximum Gasteiger partial charge on any atom is 0.134 e. The van der Waals surface area contributed by atoms with Gasteiger partial charge in [-0.15, -0.1) is 0 Å². The van der Waals surface area contributed by atoms with Crippen LogP contribution in [-0.4, -0.2) is 48.1 Å². The lowest BCUT2D eigenvalue weighted by molar-refractivity contribution is 0.392. The van der Waals surface area contributed by atoms with Crippen LogP contribution in [0.5, 0.6) is 0 Å². The third-order valence-corrected chi connectivity index (χ3v) is 2.45. The zero-order valence-electron chi connectivity index (χ0n) is 11.4. The van der Waals surface area contributed by atoms with Crippen molar-refractivity contribution in [3.05, 3.63) is 11.9 Å². The maximum absolute atomic E-state index is 4.29. The molecule has 0 aliphatic heterocycles. The fraction of sp³-hybridized carbons (Fsp3) is 0.667. The molecule has 0 saturated carbocycles. The van der Waals surface area contributed by atoms with E-state index in [9.17, 15) is 0 Å². The van der Waals surface area contributed by atoms with E-state index < -0.39 is 0 Å². The number of likely N-dealkylation sites (N-methyl/N-ethyl adjacent to an activating group) is 1. The van der Waals surface area contributed by atoms with Crippen molar-refractivity contribution in [3.8, 4) is 0 Å². The molecule has 1 aromatic heterocycles. The first-order valence-electron chi connectivity index (χ1n) is 6.01. The van der Waals surface area contributed by atoms with Crippen LogP contribution in [0.4, 0.5) is 11.6 Å². The van der Waals surface area contributed by atoms with E-state index in [1.807, 2.05) is 6.92 Å². The van der Waals surface area contributed by atoms with E-state index >= 15 is 0 Å². The molecule has 0 bridgehead atoms. The third-order valence-electron chi connectivity index (χ3n) is 2.45. The predicted molar refractivity (Wildman–Crippen MR) is 72.6 cm³/mol. The van der Waals surface area contributed by atoms with Gasteiger partial charge in [0.25, 0.3) is 0 Å². The van der Waals surface area contributed by atoms with E-state index in [0.29, 0.717) is 6.04 Å². The molecule has 0 amide bonds. The summed E-state index contributed by atoms with van der Waals surface area (Å²) in [5.41, 5.74) is 1.07. The molecule has 5 heteroatoms. The van der Waals surface area contributed by atoms with Gasteiger partial charge in [0.1, 0.15) is 18.0 Å². The Balaban J connectivity index is 2.73. The lowest BCUT2D eigenvalue weighted by atomic mass is 10.2. The molecule has 1 aromatic rings. The molecule has 0 radical (unpaired) electrons. The van der Waals surface area contributed by atoms with Crippen LogP contribution in [0.25, 0.3) is 0 Å². The molecular weight excluding hydrogens is 214 g/mol. The van der Waals surface area contributed by atoms with Crippen molar-refractivity contribution in [2.24, 2.45) is 0 Å². The van der Waals surface area contributed by atoms with E-state index in [0.717, 1.165) is 30.3 Å². The summed E-state index contributed by atoms with van der Waals surface area (Å²) in [6.07, 6.45) is 1.59. The van der Waals surface area contributed by atoms with Crippen molar-refractivity contribution in [3.63, 3.8) is 0 Å². The summed E-state index contributed by atoms with van der Waals surface area (Å²) in [7, 11) is 4.13. The largest absolute Gasteiger partial charge is 0.370 e. The zero-order valence-corrected chi connectivity index (χ0v) is 11.4. The van der Waals surface area contributed by atoms with Gasteiger partial charge < -0.3 is 15.5 Å². The van der Waals surface area contributed by atoms with Gasteiger partial charge in [-0.1, -0.05) is 0 Å². The van der Waals surface area contributed by atoms with Gasteiger partial charge in [0, 0.05) is 24.7 Å². The molecule has 0 aliphatic rings. The first-order chi connectivity index (χ1) is 8.04. The Morgan fingerprint density at radius 1 is 1.29 bits per heavy atom. The van der Waals surface area contributed by atoms with Crippen LogP contribution in [-0.2, 0) is 0 Å². The van der Waals surface area contributed by atoms with Crippen molar-refractivity contribution in [2.75, 3.05) is 37.8 Å². The smallest absolute Gasteiger partial charge is 0.134 e. The topological polar surface area (TPSA) is 53.1 Å². The van der Waals surface area contributed by atoms with Gasteiger partial charge in [0.15, 0.2) is 0 Å². The molecule has 96 valence electrons. The van der Waals surface area contributed by atoms with Crippen LogP contribution in [0.3, 0.4) is 0 Å². The number of nitrogens with zero attached hydrogens (tertiary/aromatic N) is 3. The molecule has 1 heterocycles. The van der Waals surface area contributed by atoms with E-state index in [-0.39, 0.29) is 0 Å². The highest BCUT2D eigenvalue weighted by atomic mass is 15.1. The highest BCUT2D eigenvalue weighted by Crippen LogP contribution is 2.18. The molecule has 1 atom stereocenters. The van der Waals surface area contributed by atoms with Gasteiger partial charge in [-0.25, -0.2) is 9.97 Å². The quantitative estimate of drug-likeness (QED) is 0.786. The second-order valence-corrected chi connectivity index (χ2v) is 4.53. The fourth-order valence-electron chi connectivity index (χ4n) is 1.77. The SMILES string of the molecule is CCNc1ncnc(NC(C)CN(C)C)c1C. The summed E-state index contributed by atoms with van der Waals surface area (Å²) < 4.78 is 0. The summed E-state index contributed by atoms with van der Waals surface area (Å²) in [5.74, 6) is 1.81. The van der Waals surface area contributed by atoms with Gasteiger partial charge in [0.2, 0.25) is 0 Å². The molecule has 0 aliphatic carbocycles. The number of hydrogen-bond donors (Lipinski definition) is 2. The van der Waals surface area contributed by atoms with Crippen LogP contribution >= 0.6 is 0 Å². The third kappa shape index (κ3) is 4.19. The number of aromatic nitrogens is 2. The van der Waals surface area contributed by atoms with Crippen molar-refractivity contribution in [1.82, 2.24) is 14.9 Å². The Bertz CT molecular complexity index is 351. The minimum atomic E-state index is 0.355. The summed E-state index contributed by atoms with van der Waals surface area (Å²) in [6, 6.07) is 0.355. The molecule has 5 nitrogen and oxygen atoms in total. The minimum absolute atomic E-state index is 0.355. The average molecular weight is 237 g/mol. The molecular formula is C12H23N5.